The number of hydrogen-bond donors (Lipinski definition) is 1. The Bertz CT molecular complexity index is 302. The van der Waals surface area contributed by atoms with Crippen LogP contribution in [-0.2, 0) is 0 Å². The Labute approximate surface area is 92.4 Å². The summed E-state index contributed by atoms with van der Waals surface area (Å²) in [7, 11) is 0. The summed E-state index contributed by atoms with van der Waals surface area (Å²) in [5.74, 6) is -0.492. The highest BCUT2D eigenvalue weighted by Gasteiger charge is 2.13. The normalized spacial score (nSPS) is 12.1. The van der Waals surface area contributed by atoms with Crippen LogP contribution in [0.2, 0.25) is 10.0 Å². The molecule has 5 heteroatoms. The number of hydrogen-bond acceptors (Lipinski definition) is 1. The number of nitrogens with two attached hydrogens (primary N) is 1. The molecule has 1 atom stereocenters. The summed E-state index contributed by atoms with van der Waals surface area (Å²) in [6.07, 6.45) is 0. The van der Waals surface area contributed by atoms with Crippen LogP contribution in [0, 0.1) is 5.82 Å². The van der Waals surface area contributed by atoms with Gasteiger partial charge in [-0.3, -0.25) is 0 Å². The summed E-state index contributed by atoms with van der Waals surface area (Å²) in [4.78, 5) is 0. The van der Waals surface area contributed by atoms with Crippen LogP contribution in [-0.4, -0.2) is 0 Å². The topological polar surface area (TPSA) is 26.0 Å². The van der Waals surface area contributed by atoms with Gasteiger partial charge >= 0.3 is 0 Å². The van der Waals surface area contributed by atoms with Gasteiger partial charge in [0.1, 0.15) is 5.82 Å². The smallest absolute Gasteiger partial charge is 0.142 e. The predicted octanol–water partition coefficient (Wildman–Crippen LogP) is 3.57. The van der Waals surface area contributed by atoms with Gasteiger partial charge in [-0.25, -0.2) is 4.39 Å². The Morgan fingerprint density at radius 3 is 2.31 bits per heavy atom. The fraction of sp³-hybridized carbons (Fsp3) is 0.250. The largest absolute Gasteiger partial charge is 0.324 e. The van der Waals surface area contributed by atoms with Gasteiger partial charge in [0.2, 0.25) is 0 Å². The number of rotatable bonds is 1. The van der Waals surface area contributed by atoms with E-state index in [1.807, 2.05) is 0 Å². The molecular formula is C8H9Cl3FN. The molecule has 1 aromatic carbocycles. The van der Waals surface area contributed by atoms with Gasteiger partial charge in [-0.2, -0.15) is 0 Å². The lowest BCUT2D eigenvalue weighted by Crippen LogP contribution is -2.07. The van der Waals surface area contributed by atoms with Crippen molar-refractivity contribution >= 4 is 35.6 Å². The molecule has 0 aliphatic carbocycles. The van der Waals surface area contributed by atoms with E-state index in [0.717, 1.165) is 0 Å². The average Bonchev–Trinajstić information content (AvgIpc) is 1.97. The van der Waals surface area contributed by atoms with Crippen LogP contribution in [0.5, 0.6) is 0 Å². The van der Waals surface area contributed by atoms with Crippen molar-refractivity contribution in [2.24, 2.45) is 5.73 Å². The van der Waals surface area contributed by atoms with Crippen LogP contribution < -0.4 is 5.73 Å². The molecule has 1 rings (SSSR count). The minimum absolute atomic E-state index is 0. The van der Waals surface area contributed by atoms with E-state index in [2.05, 4.69) is 0 Å². The first-order chi connectivity index (χ1) is 5.54. The van der Waals surface area contributed by atoms with Gasteiger partial charge < -0.3 is 5.73 Å². The Morgan fingerprint density at radius 1 is 1.38 bits per heavy atom. The van der Waals surface area contributed by atoms with Crippen LogP contribution in [0.15, 0.2) is 12.1 Å². The van der Waals surface area contributed by atoms with E-state index in [0.29, 0.717) is 10.6 Å². The van der Waals surface area contributed by atoms with E-state index in [-0.39, 0.29) is 23.5 Å². The summed E-state index contributed by atoms with van der Waals surface area (Å²) in [5.41, 5.74) is 6.01. The second-order valence-electron chi connectivity index (χ2n) is 2.55. The second kappa shape index (κ2) is 5.01. The molecule has 0 aliphatic rings. The van der Waals surface area contributed by atoms with Crippen molar-refractivity contribution in [2.45, 2.75) is 13.0 Å². The van der Waals surface area contributed by atoms with Gasteiger partial charge in [0.05, 0.1) is 5.02 Å². The third-order valence-electron chi connectivity index (χ3n) is 1.53. The van der Waals surface area contributed by atoms with Crippen molar-refractivity contribution in [3.8, 4) is 0 Å². The van der Waals surface area contributed by atoms with E-state index < -0.39 is 5.82 Å². The van der Waals surface area contributed by atoms with Gasteiger partial charge in [0, 0.05) is 16.6 Å². The lowest BCUT2D eigenvalue weighted by Gasteiger charge is -2.10. The monoisotopic (exact) mass is 243 g/mol. The maximum Gasteiger partial charge on any atom is 0.142 e. The Kier molecular flexibility index (Phi) is 5.00. The number of halogens is 4. The second-order valence-corrected chi connectivity index (χ2v) is 3.33. The molecule has 2 N–H and O–H groups in total. The molecule has 0 radical (unpaired) electrons. The molecule has 0 amide bonds. The van der Waals surface area contributed by atoms with Crippen LogP contribution in [0.25, 0.3) is 0 Å². The molecule has 0 aromatic heterocycles. The molecule has 0 spiro atoms. The maximum absolute atomic E-state index is 12.9. The van der Waals surface area contributed by atoms with Crippen LogP contribution in [0.3, 0.4) is 0 Å². The third-order valence-corrected chi connectivity index (χ3v) is 2.25. The highest BCUT2D eigenvalue weighted by molar-refractivity contribution is 6.36. The molecule has 0 bridgehead atoms. The zero-order valence-corrected chi connectivity index (χ0v) is 9.18. The SMILES string of the molecule is C[C@@H](N)c1c(Cl)ccc(F)c1Cl.Cl. The van der Waals surface area contributed by atoms with E-state index in [4.69, 9.17) is 28.9 Å². The molecule has 0 saturated carbocycles. The fourth-order valence-corrected chi connectivity index (χ4v) is 1.67. The molecule has 74 valence electrons. The summed E-state index contributed by atoms with van der Waals surface area (Å²) in [6, 6.07) is 2.30. The lowest BCUT2D eigenvalue weighted by atomic mass is 10.1. The minimum Gasteiger partial charge on any atom is -0.324 e. The van der Waals surface area contributed by atoms with Crippen LogP contribution in [0.1, 0.15) is 18.5 Å². The van der Waals surface area contributed by atoms with Crippen molar-refractivity contribution in [1.29, 1.82) is 0 Å². The quantitative estimate of drug-likeness (QED) is 0.751. The molecule has 13 heavy (non-hydrogen) atoms. The highest BCUT2D eigenvalue weighted by Crippen LogP contribution is 2.30. The molecule has 1 nitrogen and oxygen atoms in total. The van der Waals surface area contributed by atoms with Crippen molar-refractivity contribution in [3.05, 3.63) is 33.6 Å². The predicted molar refractivity (Wildman–Crippen MR) is 56.3 cm³/mol. The van der Waals surface area contributed by atoms with Crippen molar-refractivity contribution in [1.82, 2.24) is 0 Å². The molecule has 0 fully saturated rings. The molecule has 0 heterocycles. The van der Waals surface area contributed by atoms with Crippen LogP contribution in [0.4, 0.5) is 4.39 Å². The summed E-state index contributed by atoms with van der Waals surface area (Å²) < 4.78 is 12.9. The highest BCUT2D eigenvalue weighted by atomic mass is 35.5. The Hall–Kier alpha value is -0.0200. The first-order valence-corrected chi connectivity index (χ1v) is 4.18. The number of benzene rings is 1. The molecular weight excluding hydrogens is 235 g/mol. The van der Waals surface area contributed by atoms with Gasteiger partial charge in [-0.15, -0.1) is 12.4 Å². The van der Waals surface area contributed by atoms with Gasteiger partial charge in [0.25, 0.3) is 0 Å². The first-order valence-electron chi connectivity index (χ1n) is 3.43. The van der Waals surface area contributed by atoms with Crippen LogP contribution >= 0.6 is 35.6 Å². The molecule has 1 aromatic rings. The van der Waals surface area contributed by atoms with E-state index in [9.17, 15) is 4.39 Å². The molecule has 0 unspecified atom stereocenters. The van der Waals surface area contributed by atoms with Crippen molar-refractivity contribution in [2.75, 3.05) is 0 Å². The first kappa shape index (κ1) is 13.0. The Balaban J connectivity index is 0.00000144. The minimum atomic E-state index is -0.492. The zero-order valence-electron chi connectivity index (χ0n) is 6.85. The van der Waals surface area contributed by atoms with Crippen molar-refractivity contribution < 1.29 is 4.39 Å². The van der Waals surface area contributed by atoms with Crippen molar-refractivity contribution in [3.63, 3.8) is 0 Å². The van der Waals surface area contributed by atoms with E-state index >= 15 is 0 Å². The fourth-order valence-electron chi connectivity index (χ4n) is 0.960. The van der Waals surface area contributed by atoms with Gasteiger partial charge in [-0.05, 0) is 19.1 Å². The summed E-state index contributed by atoms with van der Waals surface area (Å²) >= 11 is 11.4. The van der Waals surface area contributed by atoms with E-state index in [1.165, 1.54) is 12.1 Å². The Morgan fingerprint density at radius 2 is 1.92 bits per heavy atom. The molecule has 0 aliphatic heterocycles. The summed E-state index contributed by atoms with van der Waals surface area (Å²) in [5, 5.41) is 0.411. The van der Waals surface area contributed by atoms with Gasteiger partial charge in [-0.1, -0.05) is 23.2 Å². The molecule has 0 saturated heterocycles. The summed E-state index contributed by atoms with van der Waals surface area (Å²) in [6.45, 7) is 1.70. The van der Waals surface area contributed by atoms with E-state index in [1.54, 1.807) is 6.92 Å². The average molecular weight is 245 g/mol. The lowest BCUT2D eigenvalue weighted by molar-refractivity contribution is 0.623. The standard InChI is InChI=1S/C8H8Cl2FN.ClH/c1-4(12)7-5(9)2-3-6(11)8(7)10;/h2-4H,12H2,1H3;1H/t4-;/m1./s1. The third kappa shape index (κ3) is 2.71. The zero-order chi connectivity index (χ0) is 9.30. The van der Waals surface area contributed by atoms with Gasteiger partial charge in [0.15, 0.2) is 0 Å². The maximum atomic E-state index is 12.9.